The average molecular weight is 340 g/mol. The van der Waals surface area contributed by atoms with Crippen molar-refractivity contribution in [2.45, 2.75) is 12.8 Å². The summed E-state index contributed by atoms with van der Waals surface area (Å²) in [6.45, 7) is 0.131. The van der Waals surface area contributed by atoms with E-state index >= 15 is 0 Å². The second kappa shape index (κ2) is 7.48. The van der Waals surface area contributed by atoms with Gasteiger partial charge in [-0.1, -0.05) is 30.3 Å². The Kier molecular flexibility index (Phi) is 4.94. The zero-order chi connectivity index (χ0) is 17.6. The number of carbonyl (C=O) groups is 2. The van der Waals surface area contributed by atoms with Crippen molar-refractivity contribution in [3.8, 4) is 11.5 Å². The predicted octanol–water partition coefficient (Wildman–Crippen LogP) is 2.41. The minimum Gasteiger partial charge on any atom is -0.481 e. The Hall–Kier alpha value is -3.35. The second-order valence-corrected chi connectivity index (χ2v) is 5.33. The maximum absolute atomic E-state index is 12.3. The number of carboxylic acid groups (broad SMARTS) is 1. The molecule has 7 heteroatoms. The van der Waals surface area contributed by atoms with E-state index in [4.69, 9.17) is 14.6 Å². The van der Waals surface area contributed by atoms with Crippen LogP contribution in [0, 0.1) is 0 Å². The van der Waals surface area contributed by atoms with Crippen LogP contribution in [0.4, 0.5) is 0 Å². The van der Waals surface area contributed by atoms with Crippen LogP contribution >= 0.6 is 0 Å². The van der Waals surface area contributed by atoms with Gasteiger partial charge in [-0.15, -0.1) is 0 Å². The lowest BCUT2D eigenvalue weighted by Crippen LogP contribution is -2.20. The molecule has 0 unspecified atom stereocenters. The number of aliphatic carboxylic acids is 1. The number of hydrazone groups is 1. The van der Waals surface area contributed by atoms with Gasteiger partial charge in [0.25, 0.3) is 5.91 Å². The number of rotatable bonds is 6. The van der Waals surface area contributed by atoms with Crippen LogP contribution in [0.3, 0.4) is 0 Å². The summed E-state index contributed by atoms with van der Waals surface area (Å²) in [4.78, 5) is 23.1. The fourth-order valence-electron chi connectivity index (χ4n) is 2.34. The first kappa shape index (κ1) is 16.5. The highest BCUT2D eigenvalue weighted by molar-refractivity contribution is 6.03. The molecule has 0 spiro atoms. The summed E-state index contributed by atoms with van der Waals surface area (Å²) in [7, 11) is 0. The number of hydrogen-bond acceptors (Lipinski definition) is 5. The molecule has 0 radical (unpaired) electrons. The number of amides is 1. The van der Waals surface area contributed by atoms with Crippen molar-refractivity contribution in [1.29, 1.82) is 0 Å². The maximum atomic E-state index is 12.3. The standard InChI is InChI=1S/C18H16N2O5/c21-17(22)9-7-14(12-4-2-1-3-5-12)19-20-18(23)13-6-8-15-16(10-13)25-11-24-15/h1-6,8,10H,7,9,11H2,(H,20,23)(H,21,22)/b19-14+. The highest BCUT2D eigenvalue weighted by Gasteiger charge is 2.16. The van der Waals surface area contributed by atoms with Crippen LogP contribution in [0.15, 0.2) is 53.6 Å². The van der Waals surface area contributed by atoms with Gasteiger partial charge in [0.1, 0.15) is 0 Å². The van der Waals surface area contributed by atoms with Gasteiger partial charge in [-0.2, -0.15) is 5.10 Å². The molecule has 1 aliphatic rings. The fraction of sp³-hybridized carbons (Fsp3) is 0.167. The molecular formula is C18H16N2O5. The molecule has 3 rings (SSSR count). The number of carboxylic acids is 1. The number of nitrogens with zero attached hydrogens (tertiary/aromatic N) is 1. The highest BCUT2D eigenvalue weighted by atomic mass is 16.7. The van der Waals surface area contributed by atoms with Gasteiger partial charge < -0.3 is 14.6 Å². The lowest BCUT2D eigenvalue weighted by atomic mass is 10.1. The molecule has 128 valence electrons. The second-order valence-electron chi connectivity index (χ2n) is 5.33. The summed E-state index contributed by atoms with van der Waals surface area (Å²) >= 11 is 0. The van der Waals surface area contributed by atoms with E-state index < -0.39 is 11.9 Å². The molecule has 0 saturated heterocycles. The SMILES string of the molecule is O=C(O)CC/C(=N\NC(=O)c1ccc2c(c1)OCO2)c1ccccc1. The smallest absolute Gasteiger partial charge is 0.303 e. The van der Waals surface area contributed by atoms with Crippen molar-refractivity contribution >= 4 is 17.6 Å². The number of carbonyl (C=O) groups excluding carboxylic acids is 1. The topological polar surface area (TPSA) is 97.2 Å². The molecule has 7 nitrogen and oxygen atoms in total. The van der Waals surface area contributed by atoms with Gasteiger partial charge >= 0.3 is 5.97 Å². The van der Waals surface area contributed by atoms with E-state index in [0.29, 0.717) is 22.8 Å². The molecular weight excluding hydrogens is 324 g/mol. The van der Waals surface area contributed by atoms with Gasteiger partial charge in [0.05, 0.1) is 12.1 Å². The van der Waals surface area contributed by atoms with Crippen LogP contribution in [0.2, 0.25) is 0 Å². The molecule has 1 aliphatic heterocycles. The number of fused-ring (bicyclic) bond motifs is 1. The molecule has 25 heavy (non-hydrogen) atoms. The van der Waals surface area contributed by atoms with E-state index in [9.17, 15) is 9.59 Å². The lowest BCUT2D eigenvalue weighted by Gasteiger charge is -2.07. The number of ether oxygens (including phenoxy) is 2. The largest absolute Gasteiger partial charge is 0.481 e. The first-order chi connectivity index (χ1) is 12.1. The minimum atomic E-state index is -0.925. The van der Waals surface area contributed by atoms with Crippen LogP contribution in [0.1, 0.15) is 28.8 Å². The first-order valence-electron chi connectivity index (χ1n) is 7.67. The molecule has 0 atom stereocenters. The van der Waals surface area contributed by atoms with Crippen LogP contribution in [0.5, 0.6) is 11.5 Å². The zero-order valence-corrected chi connectivity index (χ0v) is 13.3. The number of hydrogen-bond donors (Lipinski definition) is 2. The van der Waals surface area contributed by atoms with Gasteiger partial charge in [-0.3, -0.25) is 9.59 Å². The van der Waals surface area contributed by atoms with E-state index in [1.165, 1.54) is 0 Å². The Bertz CT molecular complexity index is 817. The van der Waals surface area contributed by atoms with E-state index in [0.717, 1.165) is 5.56 Å². The third-order valence-corrected chi connectivity index (χ3v) is 3.61. The van der Waals surface area contributed by atoms with E-state index in [1.54, 1.807) is 18.2 Å². The van der Waals surface area contributed by atoms with Gasteiger partial charge in [0, 0.05) is 12.0 Å². The van der Waals surface area contributed by atoms with Gasteiger partial charge in [-0.05, 0) is 23.8 Å². The highest BCUT2D eigenvalue weighted by Crippen LogP contribution is 2.32. The molecule has 2 aromatic carbocycles. The fourth-order valence-corrected chi connectivity index (χ4v) is 2.34. The Labute approximate surface area is 143 Å². The molecule has 0 fully saturated rings. The van der Waals surface area contributed by atoms with Gasteiger partial charge in [0.2, 0.25) is 6.79 Å². The van der Waals surface area contributed by atoms with E-state index in [1.807, 2.05) is 30.3 Å². The van der Waals surface area contributed by atoms with Crippen LogP contribution < -0.4 is 14.9 Å². The molecule has 0 saturated carbocycles. The third-order valence-electron chi connectivity index (χ3n) is 3.61. The zero-order valence-electron chi connectivity index (χ0n) is 13.3. The van der Waals surface area contributed by atoms with Crippen LogP contribution in [-0.4, -0.2) is 29.5 Å². The predicted molar refractivity (Wildman–Crippen MR) is 89.9 cm³/mol. The van der Waals surface area contributed by atoms with Crippen molar-refractivity contribution in [2.75, 3.05) is 6.79 Å². The number of benzene rings is 2. The molecule has 2 aromatic rings. The molecule has 2 N–H and O–H groups in total. The van der Waals surface area contributed by atoms with E-state index in [-0.39, 0.29) is 19.6 Å². The average Bonchev–Trinajstić information content (AvgIpc) is 3.09. The Balaban J connectivity index is 1.75. The molecule has 0 aromatic heterocycles. The molecule has 1 heterocycles. The Morgan fingerprint density at radius 3 is 2.52 bits per heavy atom. The monoisotopic (exact) mass is 340 g/mol. The van der Waals surface area contributed by atoms with Crippen molar-refractivity contribution in [3.63, 3.8) is 0 Å². The summed E-state index contributed by atoms with van der Waals surface area (Å²) in [6.07, 6.45) is 0.133. The number of nitrogens with one attached hydrogen (secondary N) is 1. The van der Waals surface area contributed by atoms with Crippen molar-refractivity contribution in [2.24, 2.45) is 5.10 Å². The quantitative estimate of drug-likeness (QED) is 0.622. The van der Waals surface area contributed by atoms with Crippen molar-refractivity contribution in [3.05, 3.63) is 59.7 Å². The summed E-state index contributed by atoms with van der Waals surface area (Å²) in [5.41, 5.74) is 4.10. The van der Waals surface area contributed by atoms with Gasteiger partial charge in [-0.25, -0.2) is 5.43 Å². The molecule has 1 amide bonds. The third kappa shape index (κ3) is 4.14. The molecule has 0 bridgehead atoms. The van der Waals surface area contributed by atoms with Crippen LogP contribution in [0.25, 0.3) is 0 Å². The molecule has 0 aliphatic carbocycles. The summed E-state index contributed by atoms with van der Waals surface area (Å²) in [6, 6.07) is 14.0. The van der Waals surface area contributed by atoms with Crippen molar-refractivity contribution in [1.82, 2.24) is 5.43 Å². The summed E-state index contributed by atoms with van der Waals surface area (Å²) in [5.74, 6) is -0.245. The van der Waals surface area contributed by atoms with Gasteiger partial charge in [0.15, 0.2) is 11.5 Å². The summed E-state index contributed by atoms with van der Waals surface area (Å²) in [5, 5.41) is 13.0. The minimum absolute atomic E-state index is 0.0758. The maximum Gasteiger partial charge on any atom is 0.303 e. The Morgan fingerprint density at radius 2 is 1.76 bits per heavy atom. The lowest BCUT2D eigenvalue weighted by molar-refractivity contribution is -0.136. The normalized spacial score (nSPS) is 12.7. The Morgan fingerprint density at radius 1 is 1.00 bits per heavy atom. The first-order valence-corrected chi connectivity index (χ1v) is 7.67. The van der Waals surface area contributed by atoms with Crippen LogP contribution in [-0.2, 0) is 4.79 Å². The van der Waals surface area contributed by atoms with E-state index in [2.05, 4.69) is 10.5 Å². The summed E-state index contributed by atoms with van der Waals surface area (Å²) < 4.78 is 10.5. The van der Waals surface area contributed by atoms with Crippen molar-refractivity contribution < 1.29 is 24.2 Å².